The zero-order chi connectivity index (χ0) is 19.5. The van der Waals surface area contributed by atoms with Crippen molar-refractivity contribution in [3.63, 3.8) is 0 Å². The zero-order valence-corrected chi connectivity index (χ0v) is 16.7. The first-order chi connectivity index (χ1) is 13.6. The number of imidazole rings is 1. The Hall–Kier alpha value is -2.71. The Bertz CT molecular complexity index is 1120. The van der Waals surface area contributed by atoms with Gasteiger partial charge in [0.2, 0.25) is 5.91 Å². The van der Waals surface area contributed by atoms with Crippen LogP contribution >= 0.6 is 23.1 Å². The zero-order valence-electron chi connectivity index (χ0n) is 15.1. The number of hydrogen-bond donors (Lipinski definition) is 1. The summed E-state index contributed by atoms with van der Waals surface area (Å²) < 4.78 is 15.3. The monoisotopic (exact) mass is 412 g/mol. The second-order valence-corrected chi connectivity index (χ2v) is 8.03. The van der Waals surface area contributed by atoms with Crippen molar-refractivity contribution in [2.75, 3.05) is 11.1 Å². The molecule has 4 aromatic rings. The number of halogens is 1. The smallest absolute Gasteiger partial charge is 0.236 e. The van der Waals surface area contributed by atoms with Crippen molar-refractivity contribution in [2.45, 2.75) is 18.6 Å². The van der Waals surface area contributed by atoms with Crippen LogP contribution in [0.1, 0.15) is 11.3 Å². The maximum atomic E-state index is 13.2. The van der Waals surface area contributed by atoms with Gasteiger partial charge in [-0.3, -0.25) is 4.79 Å². The molecule has 0 aliphatic carbocycles. The molecular weight excluding hydrogens is 395 g/mol. The topological polar surface area (TPSA) is 59.8 Å². The number of benzene rings is 2. The summed E-state index contributed by atoms with van der Waals surface area (Å²) in [5, 5.41) is 6.05. The lowest BCUT2D eigenvalue weighted by Crippen LogP contribution is -2.14. The molecule has 0 saturated carbocycles. The number of anilines is 1. The molecule has 28 heavy (non-hydrogen) atoms. The molecule has 5 nitrogen and oxygen atoms in total. The largest absolute Gasteiger partial charge is 0.314 e. The van der Waals surface area contributed by atoms with E-state index in [4.69, 9.17) is 0 Å². The first-order valence-corrected chi connectivity index (χ1v) is 10.5. The minimum Gasteiger partial charge on any atom is -0.314 e. The second kappa shape index (κ2) is 8.12. The summed E-state index contributed by atoms with van der Waals surface area (Å²) in [6.45, 7) is 2.44. The van der Waals surface area contributed by atoms with Gasteiger partial charge in [0.15, 0.2) is 10.3 Å². The van der Waals surface area contributed by atoms with E-state index in [-0.39, 0.29) is 17.5 Å². The van der Waals surface area contributed by atoms with Crippen LogP contribution in [0.4, 0.5) is 9.52 Å². The van der Waals surface area contributed by atoms with Crippen molar-refractivity contribution in [3.05, 3.63) is 71.0 Å². The third kappa shape index (κ3) is 4.23. The Balaban J connectivity index is 1.54. The Morgan fingerprint density at radius 3 is 2.71 bits per heavy atom. The predicted octanol–water partition coefficient (Wildman–Crippen LogP) is 4.72. The van der Waals surface area contributed by atoms with Gasteiger partial charge in [-0.2, -0.15) is 0 Å². The Morgan fingerprint density at radius 1 is 1.18 bits per heavy atom. The van der Waals surface area contributed by atoms with Crippen LogP contribution in [0, 0.1) is 12.7 Å². The lowest BCUT2D eigenvalue weighted by molar-refractivity contribution is -0.113. The van der Waals surface area contributed by atoms with Crippen LogP contribution in [-0.4, -0.2) is 26.2 Å². The molecule has 0 saturated heterocycles. The molecule has 0 atom stereocenters. The molecule has 2 aromatic heterocycles. The number of aromatic nitrogens is 3. The van der Waals surface area contributed by atoms with Gasteiger partial charge in [-0.15, -0.1) is 11.3 Å². The van der Waals surface area contributed by atoms with Gasteiger partial charge in [0, 0.05) is 5.38 Å². The molecule has 0 radical (unpaired) electrons. The van der Waals surface area contributed by atoms with Crippen LogP contribution in [0.2, 0.25) is 0 Å². The molecule has 0 unspecified atom stereocenters. The van der Waals surface area contributed by atoms with E-state index in [1.807, 2.05) is 41.1 Å². The lowest BCUT2D eigenvalue weighted by Gasteiger charge is -2.09. The Labute approximate surface area is 169 Å². The number of aryl methyl sites for hydroxylation is 1. The number of thiazole rings is 1. The number of thioether (sulfide) groups is 1. The molecule has 2 heterocycles. The summed E-state index contributed by atoms with van der Waals surface area (Å²) >= 11 is 2.78. The van der Waals surface area contributed by atoms with Crippen molar-refractivity contribution in [1.82, 2.24) is 14.5 Å². The molecule has 1 amide bonds. The number of hydrogen-bond acceptors (Lipinski definition) is 5. The van der Waals surface area contributed by atoms with Crippen LogP contribution < -0.4 is 5.32 Å². The van der Waals surface area contributed by atoms with Crippen LogP contribution in [0.3, 0.4) is 0 Å². The fourth-order valence-corrected chi connectivity index (χ4v) is 4.30. The van der Waals surface area contributed by atoms with E-state index >= 15 is 0 Å². The number of nitrogens with one attached hydrogen (secondary N) is 1. The lowest BCUT2D eigenvalue weighted by atomic mass is 10.2. The van der Waals surface area contributed by atoms with Gasteiger partial charge < -0.3 is 9.88 Å². The molecule has 142 valence electrons. The quantitative estimate of drug-likeness (QED) is 0.466. The van der Waals surface area contributed by atoms with Gasteiger partial charge in [-0.05, 0) is 36.8 Å². The van der Waals surface area contributed by atoms with Gasteiger partial charge in [0.1, 0.15) is 5.82 Å². The van der Waals surface area contributed by atoms with Gasteiger partial charge >= 0.3 is 0 Å². The number of carbonyl (C=O) groups excluding carboxylic acids is 1. The minimum absolute atomic E-state index is 0.125. The van der Waals surface area contributed by atoms with Gasteiger partial charge in [-0.25, -0.2) is 14.4 Å². The first kappa shape index (κ1) is 18.6. The Kier molecular flexibility index (Phi) is 5.40. The average Bonchev–Trinajstić information content (AvgIpc) is 3.25. The van der Waals surface area contributed by atoms with E-state index in [1.165, 1.54) is 35.2 Å². The van der Waals surface area contributed by atoms with E-state index < -0.39 is 0 Å². The Morgan fingerprint density at radius 2 is 1.96 bits per heavy atom. The molecule has 2 aromatic carbocycles. The van der Waals surface area contributed by atoms with Crippen molar-refractivity contribution >= 4 is 45.2 Å². The highest BCUT2D eigenvalue weighted by atomic mass is 32.2. The summed E-state index contributed by atoms with van der Waals surface area (Å²) in [5.41, 5.74) is 3.69. The third-order valence-electron chi connectivity index (χ3n) is 4.07. The van der Waals surface area contributed by atoms with Crippen molar-refractivity contribution in [2.24, 2.45) is 0 Å². The number of carbonyl (C=O) groups is 1. The highest BCUT2D eigenvalue weighted by Crippen LogP contribution is 2.26. The van der Waals surface area contributed by atoms with E-state index in [2.05, 4.69) is 15.3 Å². The highest BCUT2D eigenvalue weighted by molar-refractivity contribution is 7.99. The van der Waals surface area contributed by atoms with E-state index in [0.29, 0.717) is 11.7 Å². The standard InChI is InChI=1S/C20H17FN4OS2/c1-13-11-27-19(22-13)24-18(26)12-28-20-23-16-4-2-3-5-17(16)25(20)10-14-6-8-15(21)9-7-14/h2-9,11H,10,12H2,1H3,(H,22,24,26). The number of fused-ring (bicyclic) bond motifs is 1. The van der Waals surface area contributed by atoms with E-state index in [9.17, 15) is 9.18 Å². The van der Waals surface area contributed by atoms with E-state index in [0.717, 1.165) is 27.4 Å². The fraction of sp³-hybridized carbons (Fsp3) is 0.150. The van der Waals surface area contributed by atoms with E-state index in [1.54, 1.807) is 12.1 Å². The average molecular weight is 413 g/mol. The SMILES string of the molecule is Cc1csc(NC(=O)CSc2nc3ccccc3n2Cc2ccc(F)cc2)n1. The maximum Gasteiger partial charge on any atom is 0.236 e. The predicted molar refractivity (Wildman–Crippen MR) is 111 cm³/mol. The highest BCUT2D eigenvalue weighted by Gasteiger charge is 2.14. The normalized spacial score (nSPS) is 11.1. The van der Waals surface area contributed by atoms with Crippen LogP contribution in [0.25, 0.3) is 11.0 Å². The molecule has 0 fully saturated rings. The van der Waals surface area contributed by atoms with Crippen LogP contribution in [0.15, 0.2) is 59.1 Å². The van der Waals surface area contributed by atoms with Crippen LogP contribution in [-0.2, 0) is 11.3 Å². The van der Waals surface area contributed by atoms with Crippen LogP contribution in [0.5, 0.6) is 0 Å². The molecule has 0 aliphatic rings. The van der Waals surface area contributed by atoms with Gasteiger partial charge in [0.25, 0.3) is 0 Å². The molecule has 1 N–H and O–H groups in total. The second-order valence-electron chi connectivity index (χ2n) is 6.23. The number of para-hydroxylation sites is 2. The fourth-order valence-electron chi connectivity index (χ4n) is 2.79. The van der Waals surface area contributed by atoms with Gasteiger partial charge in [0.05, 0.1) is 29.0 Å². The first-order valence-electron chi connectivity index (χ1n) is 8.63. The van der Waals surface area contributed by atoms with Crippen molar-refractivity contribution in [1.29, 1.82) is 0 Å². The molecule has 4 rings (SSSR count). The summed E-state index contributed by atoms with van der Waals surface area (Å²) in [6, 6.07) is 14.2. The summed E-state index contributed by atoms with van der Waals surface area (Å²) in [6.07, 6.45) is 0. The summed E-state index contributed by atoms with van der Waals surface area (Å²) in [5.74, 6) is -0.159. The van der Waals surface area contributed by atoms with Crippen molar-refractivity contribution < 1.29 is 9.18 Å². The molecular formula is C20H17FN4OS2. The van der Waals surface area contributed by atoms with Gasteiger partial charge in [-0.1, -0.05) is 36.0 Å². The summed E-state index contributed by atoms with van der Waals surface area (Å²) in [7, 11) is 0. The number of nitrogens with zero attached hydrogens (tertiary/aromatic N) is 3. The van der Waals surface area contributed by atoms with Crippen molar-refractivity contribution in [3.8, 4) is 0 Å². The number of rotatable bonds is 6. The third-order valence-corrected chi connectivity index (χ3v) is 5.92. The minimum atomic E-state index is -0.261. The molecule has 0 aliphatic heterocycles. The summed E-state index contributed by atoms with van der Waals surface area (Å²) in [4.78, 5) is 21.2. The molecule has 0 spiro atoms. The maximum absolute atomic E-state index is 13.2. The molecule has 0 bridgehead atoms. The molecule has 8 heteroatoms. The number of amides is 1.